The Bertz CT molecular complexity index is 264. The van der Waals surface area contributed by atoms with Crippen LogP contribution in [0.4, 0.5) is 0 Å². The van der Waals surface area contributed by atoms with Crippen molar-refractivity contribution in [3.63, 3.8) is 0 Å². The van der Waals surface area contributed by atoms with Crippen LogP contribution in [0.1, 0.15) is 38.2 Å². The second-order valence-electron chi connectivity index (χ2n) is 4.16. The lowest BCUT2D eigenvalue weighted by molar-refractivity contribution is 0.482. The monoisotopic (exact) mass is 209 g/mol. The molecule has 1 N–H and O–H groups in total. The molecule has 1 rings (SSSR count). The Morgan fingerprint density at radius 3 is 2.80 bits per heavy atom. The number of aromatic nitrogens is 2. The van der Waals surface area contributed by atoms with E-state index in [4.69, 9.17) is 0 Å². The Labute approximate surface area is 92.9 Å². The molecule has 0 saturated heterocycles. The van der Waals surface area contributed by atoms with Gasteiger partial charge in [-0.3, -0.25) is 4.68 Å². The molecule has 0 aromatic carbocycles. The standard InChI is InChI=1S/C12H23N3/c1-4-12(13-2)8-6-5-7-11-9-14-15(3)10-11/h9-10,12-13H,4-8H2,1-3H3. The summed E-state index contributed by atoms with van der Waals surface area (Å²) in [6.07, 6.45) is 10.3. The third-order valence-corrected chi connectivity index (χ3v) is 2.93. The molecule has 0 amide bonds. The predicted molar refractivity (Wildman–Crippen MR) is 63.9 cm³/mol. The molecule has 0 aliphatic heterocycles. The summed E-state index contributed by atoms with van der Waals surface area (Å²) >= 11 is 0. The van der Waals surface area contributed by atoms with Gasteiger partial charge in [0.1, 0.15) is 0 Å². The van der Waals surface area contributed by atoms with Gasteiger partial charge in [0.05, 0.1) is 6.20 Å². The van der Waals surface area contributed by atoms with Crippen molar-refractivity contribution in [1.29, 1.82) is 0 Å². The normalized spacial score (nSPS) is 13.0. The van der Waals surface area contributed by atoms with E-state index in [1.165, 1.54) is 31.2 Å². The van der Waals surface area contributed by atoms with Gasteiger partial charge in [0.25, 0.3) is 0 Å². The maximum absolute atomic E-state index is 4.17. The van der Waals surface area contributed by atoms with E-state index in [-0.39, 0.29) is 0 Å². The third-order valence-electron chi connectivity index (χ3n) is 2.93. The topological polar surface area (TPSA) is 29.9 Å². The van der Waals surface area contributed by atoms with Crippen molar-refractivity contribution in [1.82, 2.24) is 15.1 Å². The highest BCUT2D eigenvalue weighted by Gasteiger charge is 2.02. The highest BCUT2D eigenvalue weighted by molar-refractivity contribution is 5.03. The Morgan fingerprint density at radius 1 is 1.47 bits per heavy atom. The van der Waals surface area contributed by atoms with E-state index in [1.54, 1.807) is 0 Å². The molecule has 1 unspecified atom stereocenters. The van der Waals surface area contributed by atoms with Crippen molar-refractivity contribution in [3.8, 4) is 0 Å². The van der Waals surface area contributed by atoms with Crippen LogP contribution in [0.15, 0.2) is 12.4 Å². The molecular weight excluding hydrogens is 186 g/mol. The molecule has 0 spiro atoms. The van der Waals surface area contributed by atoms with Crippen LogP contribution in [-0.2, 0) is 13.5 Å². The molecule has 86 valence electrons. The van der Waals surface area contributed by atoms with Gasteiger partial charge in [-0.1, -0.05) is 13.3 Å². The zero-order valence-electron chi connectivity index (χ0n) is 10.2. The van der Waals surface area contributed by atoms with Crippen molar-refractivity contribution in [2.45, 2.75) is 45.1 Å². The average Bonchev–Trinajstić information content (AvgIpc) is 2.65. The number of rotatable bonds is 7. The van der Waals surface area contributed by atoms with Gasteiger partial charge in [-0.05, 0) is 38.3 Å². The first-order chi connectivity index (χ1) is 7.26. The first-order valence-electron chi connectivity index (χ1n) is 5.91. The number of aryl methyl sites for hydroxylation is 2. The second-order valence-corrected chi connectivity index (χ2v) is 4.16. The van der Waals surface area contributed by atoms with Crippen molar-refractivity contribution in [3.05, 3.63) is 18.0 Å². The first kappa shape index (κ1) is 12.2. The number of hydrogen-bond donors (Lipinski definition) is 1. The van der Waals surface area contributed by atoms with Gasteiger partial charge < -0.3 is 5.32 Å². The molecule has 0 saturated carbocycles. The molecular formula is C12H23N3. The van der Waals surface area contributed by atoms with E-state index in [0.29, 0.717) is 6.04 Å². The molecule has 1 aromatic heterocycles. The molecule has 0 fully saturated rings. The summed E-state index contributed by atoms with van der Waals surface area (Å²) in [5, 5.41) is 7.51. The van der Waals surface area contributed by atoms with Crippen LogP contribution in [0.5, 0.6) is 0 Å². The third kappa shape index (κ3) is 4.47. The van der Waals surface area contributed by atoms with Gasteiger partial charge in [0.2, 0.25) is 0 Å². The second kappa shape index (κ2) is 6.62. The van der Waals surface area contributed by atoms with E-state index in [1.807, 2.05) is 17.9 Å². The Balaban J connectivity index is 2.11. The molecule has 15 heavy (non-hydrogen) atoms. The minimum atomic E-state index is 0.693. The fourth-order valence-electron chi connectivity index (χ4n) is 1.87. The Kier molecular flexibility index (Phi) is 5.40. The maximum Gasteiger partial charge on any atom is 0.0521 e. The fraction of sp³-hybridized carbons (Fsp3) is 0.750. The van der Waals surface area contributed by atoms with Crippen molar-refractivity contribution in [2.75, 3.05) is 7.05 Å². The smallest absolute Gasteiger partial charge is 0.0521 e. The maximum atomic E-state index is 4.17. The molecule has 0 aliphatic carbocycles. The lowest BCUT2D eigenvalue weighted by Crippen LogP contribution is -2.23. The van der Waals surface area contributed by atoms with Crippen LogP contribution in [0.2, 0.25) is 0 Å². The summed E-state index contributed by atoms with van der Waals surface area (Å²) in [5.41, 5.74) is 1.36. The molecule has 0 radical (unpaired) electrons. The summed E-state index contributed by atoms with van der Waals surface area (Å²) in [5.74, 6) is 0. The Hall–Kier alpha value is -0.830. The van der Waals surface area contributed by atoms with E-state index in [9.17, 15) is 0 Å². The van der Waals surface area contributed by atoms with Crippen LogP contribution in [-0.4, -0.2) is 22.9 Å². The summed E-state index contributed by atoms with van der Waals surface area (Å²) in [6, 6.07) is 0.693. The van der Waals surface area contributed by atoms with Crippen molar-refractivity contribution < 1.29 is 0 Å². The molecule has 1 atom stereocenters. The quantitative estimate of drug-likeness (QED) is 0.697. The average molecular weight is 209 g/mol. The van der Waals surface area contributed by atoms with Gasteiger partial charge in [-0.2, -0.15) is 5.10 Å². The lowest BCUT2D eigenvalue weighted by Gasteiger charge is -2.12. The van der Waals surface area contributed by atoms with Gasteiger partial charge in [0, 0.05) is 19.3 Å². The van der Waals surface area contributed by atoms with Crippen LogP contribution in [0.25, 0.3) is 0 Å². The minimum absolute atomic E-state index is 0.693. The van der Waals surface area contributed by atoms with Crippen molar-refractivity contribution in [2.24, 2.45) is 7.05 Å². The summed E-state index contributed by atoms with van der Waals surface area (Å²) < 4.78 is 1.87. The molecule has 3 heteroatoms. The number of nitrogens with zero attached hydrogens (tertiary/aromatic N) is 2. The molecule has 1 aromatic rings. The number of hydrogen-bond acceptors (Lipinski definition) is 2. The molecule has 1 heterocycles. The van der Waals surface area contributed by atoms with Gasteiger partial charge in [-0.15, -0.1) is 0 Å². The Morgan fingerprint density at radius 2 is 2.27 bits per heavy atom. The van der Waals surface area contributed by atoms with E-state index in [0.717, 1.165) is 6.42 Å². The molecule has 3 nitrogen and oxygen atoms in total. The van der Waals surface area contributed by atoms with Gasteiger partial charge in [-0.25, -0.2) is 0 Å². The fourth-order valence-corrected chi connectivity index (χ4v) is 1.87. The zero-order valence-corrected chi connectivity index (χ0v) is 10.2. The SMILES string of the molecule is CCC(CCCCc1cnn(C)c1)NC. The highest BCUT2D eigenvalue weighted by Crippen LogP contribution is 2.08. The first-order valence-corrected chi connectivity index (χ1v) is 5.91. The minimum Gasteiger partial charge on any atom is -0.317 e. The van der Waals surface area contributed by atoms with Crippen LogP contribution in [0.3, 0.4) is 0 Å². The number of unbranched alkanes of at least 4 members (excludes halogenated alkanes) is 1. The zero-order chi connectivity index (χ0) is 11.1. The van der Waals surface area contributed by atoms with E-state index < -0.39 is 0 Å². The van der Waals surface area contributed by atoms with Crippen molar-refractivity contribution >= 4 is 0 Å². The largest absolute Gasteiger partial charge is 0.317 e. The summed E-state index contributed by atoms with van der Waals surface area (Å²) in [7, 11) is 4.02. The van der Waals surface area contributed by atoms with E-state index >= 15 is 0 Å². The van der Waals surface area contributed by atoms with Crippen LogP contribution < -0.4 is 5.32 Å². The predicted octanol–water partition coefficient (Wildman–Crippen LogP) is 2.13. The summed E-state index contributed by atoms with van der Waals surface area (Å²) in [6.45, 7) is 2.24. The van der Waals surface area contributed by atoms with E-state index in [2.05, 4.69) is 30.6 Å². The summed E-state index contributed by atoms with van der Waals surface area (Å²) in [4.78, 5) is 0. The molecule has 0 aliphatic rings. The highest BCUT2D eigenvalue weighted by atomic mass is 15.2. The lowest BCUT2D eigenvalue weighted by atomic mass is 10.0. The van der Waals surface area contributed by atoms with Crippen LogP contribution >= 0.6 is 0 Å². The van der Waals surface area contributed by atoms with Gasteiger partial charge in [0.15, 0.2) is 0 Å². The van der Waals surface area contributed by atoms with Crippen LogP contribution in [0, 0.1) is 0 Å². The number of nitrogens with one attached hydrogen (secondary N) is 1. The van der Waals surface area contributed by atoms with Gasteiger partial charge >= 0.3 is 0 Å². The molecule has 0 bridgehead atoms.